The molecule has 1 aliphatic rings. The highest BCUT2D eigenvalue weighted by molar-refractivity contribution is 5.96. The normalized spacial score (nSPS) is 13.8. The molecule has 0 spiro atoms. The van der Waals surface area contributed by atoms with E-state index in [4.69, 9.17) is 14.9 Å². The summed E-state index contributed by atoms with van der Waals surface area (Å²) in [6.45, 7) is 8.44. The minimum absolute atomic E-state index is 0.204. The summed E-state index contributed by atoms with van der Waals surface area (Å²) < 4.78 is 11.9. The number of carbonyl (C=O) groups is 1. The first-order chi connectivity index (χ1) is 17.3. The van der Waals surface area contributed by atoms with Crippen LogP contribution in [0.15, 0.2) is 72.8 Å². The Bertz CT molecular complexity index is 1180. The molecule has 36 heavy (non-hydrogen) atoms. The molecule has 3 aromatic rings. The van der Waals surface area contributed by atoms with Gasteiger partial charge in [-0.3, -0.25) is 4.79 Å². The Kier molecular flexibility index (Phi) is 8.09. The maximum atomic E-state index is 13.1. The minimum atomic E-state index is -0.553. The van der Waals surface area contributed by atoms with Crippen molar-refractivity contribution < 1.29 is 14.3 Å². The number of likely N-dealkylation sites (tertiary alicyclic amines) is 1. The molecule has 0 unspecified atom stereocenters. The molecule has 0 atom stereocenters. The summed E-state index contributed by atoms with van der Waals surface area (Å²) in [4.78, 5) is 15.1. The lowest BCUT2D eigenvalue weighted by Gasteiger charge is -2.34. The number of piperidine rings is 1. The van der Waals surface area contributed by atoms with Gasteiger partial charge in [0.15, 0.2) is 0 Å². The molecule has 1 heterocycles. The van der Waals surface area contributed by atoms with Gasteiger partial charge >= 0.3 is 0 Å². The fourth-order valence-electron chi connectivity index (χ4n) is 4.53. The lowest BCUT2D eigenvalue weighted by Crippen LogP contribution is -2.45. The summed E-state index contributed by atoms with van der Waals surface area (Å²) in [5, 5.41) is 7.69. The Morgan fingerprint density at radius 1 is 0.833 bits per heavy atom. The Balaban J connectivity index is 1.31. The van der Waals surface area contributed by atoms with E-state index in [-0.39, 0.29) is 5.91 Å². The van der Waals surface area contributed by atoms with E-state index in [9.17, 15) is 4.79 Å². The fraction of sp³-hybridized carbons (Fsp3) is 0.355. The summed E-state index contributed by atoms with van der Waals surface area (Å²) in [6, 6.07) is 23.7. The lowest BCUT2D eigenvalue weighted by molar-refractivity contribution is -0.137. The number of hydrogen-bond donors (Lipinski definition) is 1. The van der Waals surface area contributed by atoms with Crippen LogP contribution in [0, 0.1) is 5.41 Å². The molecule has 0 saturated carbocycles. The molecule has 188 valence electrons. The second-order valence-electron chi connectivity index (χ2n) is 10.0. The molecular weight excluding hydrogens is 448 g/mol. The van der Waals surface area contributed by atoms with E-state index in [1.165, 1.54) is 6.42 Å². The van der Waals surface area contributed by atoms with Gasteiger partial charge < -0.3 is 19.8 Å². The average molecular weight is 485 g/mol. The van der Waals surface area contributed by atoms with Crippen LogP contribution in [0.1, 0.15) is 62.3 Å². The van der Waals surface area contributed by atoms with Gasteiger partial charge in [0, 0.05) is 18.8 Å². The molecular formula is C31H36N2O3. The SMILES string of the molecule is CC(=N)c1ccc(OCc2cccc(COc3ccc(C(C)(C)C(=O)N4CCCCC4)cc3)c2)cc1. The van der Waals surface area contributed by atoms with Gasteiger partial charge in [0.05, 0.1) is 5.41 Å². The number of rotatable bonds is 9. The van der Waals surface area contributed by atoms with Crippen molar-refractivity contribution in [3.63, 3.8) is 0 Å². The van der Waals surface area contributed by atoms with Crippen molar-refractivity contribution in [1.82, 2.24) is 4.90 Å². The smallest absolute Gasteiger partial charge is 0.232 e. The van der Waals surface area contributed by atoms with Crippen LogP contribution in [0.5, 0.6) is 11.5 Å². The standard InChI is InChI=1S/C31H36N2O3/c1-23(32)26-10-14-28(15-11-26)35-21-24-8-7-9-25(20-24)22-36-29-16-12-27(13-17-29)31(2,3)30(34)33-18-5-4-6-19-33/h7-17,20,32H,4-6,18-19,21-22H2,1-3H3. The van der Waals surface area contributed by atoms with Crippen LogP contribution in [0.3, 0.4) is 0 Å². The van der Waals surface area contributed by atoms with Gasteiger partial charge in [-0.1, -0.05) is 30.3 Å². The molecule has 1 amide bonds. The van der Waals surface area contributed by atoms with Crippen molar-refractivity contribution in [2.45, 2.75) is 58.7 Å². The Hall–Kier alpha value is -3.60. The first-order valence-corrected chi connectivity index (χ1v) is 12.7. The highest BCUT2D eigenvalue weighted by atomic mass is 16.5. The summed E-state index contributed by atoms with van der Waals surface area (Å²) >= 11 is 0. The first-order valence-electron chi connectivity index (χ1n) is 12.7. The van der Waals surface area contributed by atoms with Gasteiger partial charge in [-0.05, 0) is 105 Å². The van der Waals surface area contributed by atoms with E-state index in [2.05, 4.69) is 6.07 Å². The molecule has 0 aliphatic carbocycles. The van der Waals surface area contributed by atoms with E-state index in [0.717, 1.165) is 59.7 Å². The summed E-state index contributed by atoms with van der Waals surface area (Å²) in [5.41, 5.74) is 4.02. The molecule has 1 aliphatic heterocycles. The third-order valence-electron chi connectivity index (χ3n) is 6.84. The highest BCUT2D eigenvalue weighted by Gasteiger charge is 2.34. The van der Waals surface area contributed by atoms with Gasteiger partial charge in [-0.2, -0.15) is 0 Å². The molecule has 0 radical (unpaired) electrons. The predicted molar refractivity (Wildman–Crippen MR) is 144 cm³/mol. The average Bonchev–Trinajstić information content (AvgIpc) is 2.91. The number of ether oxygens (including phenoxy) is 2. The van der Waals surface area contributed by atoms with Crippen LogP contribution in [0.2, 0.25) is 0 Å². The zero-order chi connectivity index (χ0) is 25.5. The van der Waals surface area contributed by atoms with Crippen LogP contribution in [-0.2, 0) is 23.4 Å². The van der Waals surface area contributed by atoms with E-state index in [1.54, 1.807) is 6.92 Å². The third kappa shape index (κ3) is 6.34. The lowest BCUT2D eigenvalue weighted by atomic mass is 9.82. The van der Waals surface area contributed by atoms with E-state index in [1.807, 2.05) is 85.5 Å². The molecule has 1 fully saturated rings. The van der Waals surface area contributed by atoms with Gasteiger partial charge in [0.1, 0.15) is 24.7 Å². The monoisotopic (exact) mass is 484 g/mol. The van der Waals surface area contributed by atoms with Crippen molar-refractivity contribution in [2.75, 3.05) is 13.1 Å². The molecule has 1 N–H and O–H groups in total. The molecule has 3 aromatic carbocycles. The second-order valence-corrected chi connectivity index (χ2v) is 10.0. The van der Waals surface area contributed by atoms with Crippen LogP contribution < -0.4 is 9.47 Å². The van der Waals surface area contributed by atoms with E-state index >= 15 is 0 Å². The molecule has 0 bridgehead atoms. The van der Waals surface area contributed by atoms with Crippen molar-refractivity contribution in [1.29, 1.82) is 5.41 Å². The number of benzene rings is 3. The van der Waals surface area contributed by atoms with E-state index < -0.39 is 5.41 Å². The number of amides is 1. The number of nitrogens with one attached hydrogen (secondary N) is 1. The predicted octanol–water partition coefficient (Wildman–Crippen LogP) is 6.52. The maximum absolute atomic E-state index is 13.1. The van der Waals surface area contributed by atoms with E-state index in [0.29, 0.717) is 18.9 Å². The fourth-order valence-corrected chi connectivity index (χ4v) is 4.53. The largest absolute Gasteiger partial charge is 0.489 e. The van der Waals surface area contributed by atoms with Crippen LogP contribution in [0.25, 0.3) is 0 Å². The molecule has 1 saturated heterocycles. The highest BCUT2D eigenvalue weighted by Crippen LogP contribution is 2.29. The molecule has 0 aromatic heterocycles. The Morgan fingerprint density at radius 3 is 1.89 bits per heavy atom. The van der Waals surface area contributed by atoms with Gasteiger partial charge in [0.25, 0.3) is 0 Å². The molecule has 4 rings (SSSR count). The van der Waals surface area contributed by atoms with Gasteiger partial charge in [-0.25, -0.2) is 0 Å². The van der Waals surface area contributed by atoms with Gasteiger partial charge in [-0.15, -0.1) is 0 Å². The summed E-state index contributed by atoms with van der Waals surface area (Å²) in [5.74, 6) is 1.77. The minimum Gasteiger partial charge on any atom is -0.489 e. The molecule has 5 heteroatoms. The van der Waals surface area contributed by atoms with Crippen molar-refractivity contribution in [3.05, 3.63) is 95.1 Å². The zero-order valence-corrected chi connectivity index (χ0v) is 21.5. The summed E-state index contributed by atoms with van der Waals surface area (Å²) in [7, 11) is 0. The van der Waals surface area contributed by atoms with Crippen LogP contribution >= 0.6 is 0 Å². The summed E-state index contributed by atoms with van der Waals surface area (Å²) in [6.07, 6.45) is 3.41. The van der Waals surface area contributed by atoms with Crippen molar-refractivity contribution in [3.8, 4) is 11.5 Å². The third-order valence-corrected chi connectivity index (χ3v) is 6.84. The molecule has 5 nitrogen and oxygen atoms in total. The number of nitrogens with zero attached hydrogens (tertiary/aromatic N) is 1. The second kappa shape index (κ2) is 11.4. The topological polar surface area (TPSA) is 62.6 Å². The quantitative estimate of drug-likeness (QED) is 0.352. The number of carbonyl (C=O) groups excluding carboxylic acids is 1. The number of hydrogen-bond acceptors (Lipinski definition) is 4. The Morgan fingerprint density at radius 2 is 1.36 bits per heavy atom. The van der Waals surface area contributed by atoms with Crippen molar-refractivity contribution >= 4 is 11.6 Å². The first kappa shape index (κ1) is 25.5. The maximum Gasteiger partial charge on any atom is 0.232 e. The van der Waals surface area contributed by atoms with Gasteiger partial charge in [0.2, 0.25) is 5.91 Å². The Labute approximate surface area is 214 Å². The van der Waals surface area contributed by atoms with Crippen LogP contribution in [-0.4, -0.2) is 29.6 Å². The zero-order valence-electron chi connectivity index (χ0n) is 21.5. The van der Waals surface area contributed by atoms with Crippen LogP contribution in [0.4, 0.5) is 0 Å². The van der Waals surface area contributed by atoms with Crippen molar-refractivity contribution in [2.24, 2.45) is 0 Å².